The van der Waals surface area contributed by atoms with E-state index in [4.69, 9.17) is 0 Å². The fraction of sp³-hybridized carbons (Fsp3) is 0.778. The second-order valence-corrected chi connectivity index (χ2v) is 7.62. The standard InChI is InChI=1S/C18H29N5O.2ClH/c1-21-13-14(10-20-21)16-11-19-12-17(16)18(24)23-8-4-15(5-9-23)22-6-2-3-7-22;;/h10,13,15-17,19H,2-9,11-12H2,1H3;2*1H/t16-,17+;;/m1../s1. The molecule has 8 heteroatoms. The van der Waals surface area contributed by atoms with Crippen molar-refractivity contribution in [2.24, 2.45) is 13.0 Å². The normalized spacial score (nSPS) is 27.2. The molecule has 3 aliphatic heterocycles. The summed E-state index contributed by atoms with van der Waals surface area (Å²) in [4.78, 5) is 17.8. The van der Waals surface area contributed by atoms with Gasteiger partial charge in [-0.15, -0.1) is 24.8 Å². The van der Waals surface area contributed by atoms with Crippen LogP contribution < -0.4 is 5.32 Å². The van der Waals surface area contributed by atoms with Crippen LogP contribution in [-0.4, -0.2) is 70.8 Å². The van der Waals surface area contributed by atoms with Gasteiger partial charge >= 0.3 is 0 Å². The van der Waals surface area contributed by atoms with Gasteiger partial charge in [-0.2, -0.15) is 5.10 Å². The SMILES string of the molecule is Cl.Cl.Cn1cc([C@H]2CNC[C@@H]2C(=O)N2CCC(N3CCCC3)CC2)cn1. The smallest absolute Gasteiger partial charge is 0.227 e. The van der Waals surface area contributed by atoms with E-state index in [1.165, 1.54) is 31.5 Å². The molecule has 0 spiro atoms. The van der Waals surface area contributed by atoms with Crippen molar-refractivity contribution in [3.05, 3.63) is 18.0 Å². The monoisotopic (exact) mass is 403 g/mol. The van der Waals surface area contributed by atoms with Crippen LogP contribution in [0.1, 0.15) is 37.2 Å². The summed E-state index contributed by atoms with van der Waals surface area (Å²) in [5.41, 5.74) is 1.19. The van der Waals surface area contributed by atoms with E-state index >= 15 is 0 Å². The summed E-state index contributed by atoms with van der Waals surface area (Å²) in [5, 5.41) is 7.69. The molecule has 1 amide bonds. The number of nitrogens with one attached hydrogen (secondary N) is 1. The van der Waals surface area contributed by atoms with Crippen molar-refractivity contribution in [1.82, 2.24) is 24.9 Å². The van der Waals surface area contributed by atoms with Crippen molar-refractivity contribution < 1.29 is 4.79 Å². The zero-order valence-electron chi connectivity index (χ0n) is 15.5. The molecule has 3 saturated heterocycles. The molecule has 3 fully saturated rings. The minimum absolute atomic E-state index is 0. The van der Waals surface area contributed by atoms with Gasteiger partial charge < -0.3 is 15.1 Å². The number of hydrogen-bond acceptors (Lipinski definition) is 4. The zero-order chi connectivity index (χ0) is 16.5. The van der Waals surface area contributed by atoms with Gasteiger partial charge in [-0.25, -0.2) is 0 Å². The van der Waals surface area contributed by atoms with E-state index in [0.717, 1.165) is 39.0 Å². The first kappa shape index (κ1) is 21.5. The van der Waals surface area contributed by atoms with Gasteiger partial charge in [-0.05, 0) is 44.3 Å². The highest BCUT2D eigenvalue weighted by atomic mass is 35.5. The van der Waals surface area contributed by atoms with Crippen LogP contribution in [0.2, 0.25) is 0 Å². The average Bonchev–Trinajstić information content (AvgIpc) is 3.35. The maximum atomic E-state index is 13.1. The summed E-state index contributed by atoms with van der Waals surface area (Å²) in [7, 11) is 1.94. The third-order valence-electron chi connectivity index (χ3n) is 6.12. The van der Waals surface area contributed by atoms with Gasteiger partial charge in [-0.3, -0.25) is 9.48 Å². The van der Waals surface area contributed by atoms with E-state index in [9.17, 15) is 4.79 Å². The minimum atomic E-state index is 0. The number of aryl methyl sites for hydroxylation is 1. The van der Waals surface area contributed by atoms with Crippen LogP contribution in [0.4, 0.5) is 0 Å². The number of likely N-dealkylation sites (tertiary alicyclic amines) is 2. The van der Waals surface area contributed by atoms with E-state index in [1.54, 1.807) is 0 Å². The number of piperidine rings is 1. The van der Waals surface area contributed by atoms with Crippen molar-refractivity contribution in [1.29, 1.82) is 0 Å². The maximum absolute atomic E-state index is 13.1. The van der Waals surface area contributed by atoms with E-state index in [1.807, 2.05) is 17.9 Å². The van der Waals surface area contributed by atoms with E-state index < -0.39 is 0 Å². The molecular weight excluding hydrogens is 373 g/mol. The highest BCUT2D eigenvalue weighted by molar-refractivity contribution is 5.85. The Morgan fingerprint density at radius 3 is 2.42 bits per heavy atom. The fourth-order valence-corrected chi connectivity index (χ4v) is 4.71. The number of aromatic nitrogens is 2. The number of carbonyl (C=O) groups is 1. The van der Waals surface area contributed by atoms with Crippen molar-refractivity contribution in [3.8, 4) is 0 Å². The highest BCUT2D eigenvalue weighted by Gasteiger charge is 2.38. The molecule has 0 aliphatic carbocycles. The Labute approximate surface area is 168 Å². The summed E-state index contributed by atoms with van der Waals surface area (Å²) < 4.78 is 1.83. The second-order valence-electron chi connectivity index (χ2n) is 7.62. The Kier molecular flexibility index (Phi) is 7.76. The molecule has 0 radical (unpaired) electrons. The molecule has 1 aromatic heterocycles. The van der Waals surface area contributed by atoms with Crippen LogP contribution >= 0.6 is 24.8 Å². The number of nitrogens with zero attached hydrogens (tertiary/aromatic N) is 4. The minimum Gasteiger partial charge on any atom is -0.342 e. The van der Waals surface area contributed by atoms with Crippen LogP contribution in [0, 0.1) is 5.92 Å². The van der Waals surface area contributed by atoms with Crippen LogP contribution in [0.5, 0.6) is 0 Å². The first-order valence-corrected chi connectivity index (χ1v) is 9.44. The lowest BCUT2D eigenvalue weighted by Gasteiger charge is -2.38. The molecule has 0 unspecified atom stereocenters. The molecule has 3 aliphatic rings. The third-order valence-corrected chi connectivity index (χ3v) is 6.12. The fourth-order valence-electron chi connectivity index (χ4n) is 4.71. The molecule has 0 saturated carbocycles. The van der Waals surface area contributed by atoms with Gasteiger partial charge in [0.25, 0.3) is 0 Å². The Hall–Kier alpha value is -0.820. The van der Waals surface area contributed by atoms with Crippen molar-refractivity contribution >= 4 is 30.7 Å². The largest absolute Gasteiger partial charge is 0.342 e. The predicted molar refractivity (Wildman–Crippen MR) is 107 cm³/mol. The van der Waals surface area contributed by atoms with E-state index in [-0.39, 0.29) is 36.6 Å². The summed E-state index contributed by atoms with van der Waals surface area (Å²) in [6.07, 6.45) is 8.95. The maximum Gasteiger partial charge on any atom is 0.227 e. The predicted octanol–water partition coefficient (Wildman–Crippen LogP) is 1.65. The summed E-state index contributed by atoms with van der Waals surface area (Å²) in [6.45, 7) is 6.05. The van der Waals surface area contributed by atoms with Crippen LogP contribution in [-0.2, 0) is 11.8 Å². The quantitative estimate of drug-likeness (QED) is 0.833. The van der Waals surface area contributed by atoms with Crippen molar-refractivity contribution in [2.45, 2.75) is 37.6 Å². The Bertz CT molecular complexity index is 582. The summed E-state index contributed by atoms with van der Waals surface area (Å²) in [6, 6.07) is 0.701. The molecule has 1 aromatic rings. The molecule has 0 bridgehead atoms. The summed E-state index contributed by atoms with van der Waals surface area (Å²) in [5.74, 6) is 0.675. The topological polar surface area (TPSA) is 53.4 Å². The van der Waals surface area contributed by atoms with E-state index in [2.05, 4.69) is 26.4 Å². The number of amides is 1. The van der Waals surface area contributed by atoms with Gasteiger partial charge in [0.1, 0.15) is 0 Å². The average molecular weight is 404 g/mol. The van der Waals surface area contributed by atoms with Crippen LogP contribution in [0.3, 0.4) is 0 Å². The van der Waals surface area contributed by atoms with Gasteiger partial charge in [-0.1, -0.05) is 0 Å². The molecular formula is C18H31Cl2N5O. The Morgan fingerprint density at radius 1 is 1.12 bits per heavy atom. The molecule has 2 atom stereocenters. The first-order valence-electron chi connectivity index (χ1n) is 9.44. The number of carbonyl (C=O) groups excluding carboxylic acids is 1. The van der Waals surface area contributed by atoms with Gasteiger partial charge in [0.2, 0.25) is 5.91 Å². The van der Waals surface area contributed by atoms with Gasteiger partial charge in [0, 0.05) is 51.4 Å². The number of hydrogen-bond donors (Lipinski definition) is 1. The lowest BCUT2D eigenvalue weighted by atomic mass is 9.89. The molecule has 148 valence electrons. The van der Waals surface area contributed by atoms with E-state index in [0.29, 0.717) is 11.9 Å². The first-order chi connectivity index (χ1) is 11.7. The third kappa shape index (κ3) is 4.35. The summed E-state index contributed by atoms with van der Waals surface area (Å²) >= 11 is 0. The molecule has 4 rings (SSSR count). The van der Waals surface area contributed by atoms with Crippen molar-refractivity contribution in [2.75, 3.05) is 39.3 Å². The number of halogens is 2. The van der Waals surface area contributed by atoms with Crippen LogP contribution in [0.15, 0.2) is 12.4 Å². The van der Waals surface area contributed by atoms with Gasteiger partial charge in [0.05, 0.1) is 12.1 Å². The molecule has 0 aromatic carbocycles. The Morgan fingerprint density at radius 2 is 1.81 bits per heavy atom. The second kappa shape index (κ2) is 9.40. The van der Waals surface area contributed by atoms with Crippen LogP contribution in [0.25, 0.3) is 0 Å². The Balaban J connectivity index is 0.00000121. The number of rotatable bonds is 3. The highest BCUT2D eigenvalue weighted by Crippen LogP contribution is 2.30. The molecule has 4 heterocycles. The molecule has 6 nitrogen and oxygen atoms in total. The lowest BCUT2D eigenvalue weighted by molar-refractivity contribution is -0.136. The van der Waals surface area contributed by atoms with Gasteiger partial charge in [0.15, 0.2) is 0 Å². The molecule has 26 heavy (non-hydrogen) atoms. The zero-order valence-corrected chi connectivity index (χ0v) is 17.1. The molecule has 1 N–H and O–H groups in total. The lowest BCUT2D eigenvalue weighted by Crippen LogP contribution is -2.48. The van der Waals surface area contributed by atoms with Crippen molar-refractivity contribution in [3.63, 3.8) is 0 Å².